The van der Waals surface area contributed by atoms with Crippen LogP contribution in [0.1, 0.15) is 40.8 Å². The summed E-state index contributed by atoms with van der Waals surface area (Å²) in [4.78, 5) is 0. The molecule has 3 aromatic rings. The number of nitrogens with two attached hydrogens (primary N) is 1. The number of aliphatic hydroxyl groups is 1. The molecule has 3 rings (SSSR count). The maximum absolute atomic E-state index is 13.1. The Bertz CT molecular complexity index is 1200. The van der Waals surface area contributed by atoms with Gasteiger partial charge < -0.3 is 10.2 Å². The Balaban J connectivity index is 2.26. The Labute approximate surface area is 190 Å². The zero-order valence-corrected chi connectivity index (χ0v) is 19.6. The lowest BCUT2D eigenvalue weighted by Gasteiger charge is -2.34. The zero-order chi connectivity index (χ0) is 23.7. The minimum atomic E-state index is -3.84. The van der Waals surface area contributed by atoms with E-state index in [1.165, 1.54) is 23.4 Å². The molecule has 7 heteroatoms. The fraction of sp³-hybridized carbons (Fsp3) is 0.280. The molecule has 0 saturated heterocycles. The number of phenolic OH excluding ortho intramolecular Hbond substituents is 1. The summed E-state index contributed by atoms with van der Waals surface area (Å²) >= 11 is 0. The van der Waals surface area contributed by atoms with E-state index in [0.717, 1.165) is 28.5 Å². The summed E-state index contributed by atoms with van der Waals surface area (Å²) in [5.41, 5.74) is 7.97. The summed E-state index contributed by atoms with van der Waals surface area (Å²) in [5, 5.41) is 21.3. The molecule has 0 bridgehead atoms. The standard InChI is InChI=1S/C25H30N2O4S/c1-17-13-14-20(15-18(17)2)23(16-19-9-6-5-7-10-19)27(32(4,30)31)22-12-8-11-21(24(22)28)25(3,26)29/h5-15,23,28-29H,16,26H2,1-4H3. The molecule has 0 aliphatic heterocycles. The van der Waals surface area contributed by atoms with E-state index in [-0.39, 0.29) is 17.0 Å². The smallest absolute Gasteiger partial charge is 0.232 e. The van der Waals surface area contributed by atoms with Crippen LogP contribution in [0.4, 0.5) is 5.69 Å². The lowest BCUT2D eigenvalue weighted by atomic mass is 9.95. The summed E-state index contributed by atoms with van der Waals surface area (Å²) in [7, 11) is -3.84. The average Bonchev–Trinajstić information content (AvgIpc) is 2.70. The molecule has 0 spiro atoms. The van der Waals surface area contributed by atoms with E-state index >= 15 is 0 Å². The Kier molecular flexibility index (Phi) is 6.64. The van der Waals surface area contributed by atoms with Crippen LogP contribution < -0.4 is 10.0 Å². The minimum Gasteiger partial charge on any atom is -0.505 e. The molecule has 170 valence electrons. The van der Waals surface area contributed by atoms with Gasteiger partial charge >= 0.3 is 0 Å². The van der Waals surface area contributed by atoms with E-state index in [0.29, 0.717) is 6.42 Å². The molecule has 2 atom stereocenters. The number of aromatic hydroxyl groups is 1. The second-order valence-corrected chi connectivity index (χ2v) is 10.3. The Morgan fingerprint density at radius 3 is 2.22 bits per heavy atom. The summed E-state index contributed by atoms with van der Waals surface area (Å²) in [6.45, 7) is 5.31. The first-order valence-corrected chi connectivity index (χ1v) is 12.2. The number of anilines is 1. The highest BCUT2D eigenvalue weighted by molar-refractivity contribution is 7.92. The maximum atomic E-state index is 13.1. The first-order chi connectivity index (χ1) is 14.9. The summed E-state index contributed by atoms with van der Waals surface area (Å²) in [6, 6.07) is 19.4. The van der Waals surface area contributed by atoms with Crippen molar-refractivity contribution in [3.8, 4) is 5.75 Å². The molecule has 3 aromatic carbocycles. The van der Waals surface area contributed by atoms with Gasteiger partial charge in [-0.05, 0) is 55.5 Å². The SMILES string of the molecule is Cc1ccc(C(Cc2ccccc2)N(c2cccc(C(C)(N)O)c2O)S(C)(=O)=O)cc1C. The van der Waals surface area contributed by atoms with E-state index in [9.17, 15) is 18.6 Å². The molecule has 6 nitrogen and oxygen atoms in total. The second-order valence-electron chi connectivity index (χ2n) is 8.43. The third-order valence-electron chi connectivity index (χ3n) is 5.63. The topological polar surface area (TPSA) is 104 Å². The summed E-state index contributed by atoms with van der Waals surface area (Å²) in [6.07, 6.45) is 1.50. The van der Waals surface area contributed by atoms with Gasteiger partial charge in [-0.25, -0.2) is 8.42 Å². The summed E-state index contributed by atoms with van der Waals surface area (Å²) in [5.74, 6) is -0.368. The molecular formula is C25H30N2O4S. The largest absolute Gasteiger partial charge is 0.505 e. The van der Waals surface area contributed by atoms with Crippen molar-refractivity contribution in [2.45, 2.75) is 39.0 Å². The van der Waals surface area contributed by atoms with Gasteiger partial charge in [-0.3, -0.25) is 10.0 Å². The van der Waals surface area contributed by atoms with E-state index < -0.39 is 21.8 Å². The van der Waals surface area contributed by atoms with Crippen LogP contribution in [0.3, 0.4) is 0 Å². The fourth-order valence-corrected chi connectivity index (χ4v) is 5.00. The molecule has 0 fully saturated rings. The predicted octanol–water partition coefficient (Wildman–Crippen LogP) is 3.88. The normalized spacial score (nSPS) is 14.6. The predicted molar refractivity (Wildman–Crippen MR) is 128 cm³/mol. The van der Waals surface area contributed by atoms with Gasteiger partial charge in [0.05, 0.1) is 18.0 Å². The van der Waals surface area contributed by atoms with Gasteiger partial charge in [-0.15, -0.1) is 0 Å². The van der Waals surface area contributed by atoms with Crippen LogP contribution in [-0.4, -0.2) is 24.9 Å². The number of benzene rings is 3. The number of hydrogen-bond acceptors (Lipinski definition) is 5. The van der Waals surface area contributed by atoms with Gasteiger partial charge in [0.2, 0.25) is 10.0 Å². The van der Waals surface area contributed by atoms with E-state index in [1.54, 1.807) is 6.07 Å². The van der Waals surface area contributed by atoms with Crippen molar-refractivity contribution in [3.63, 3.8) is 0 Å². The quantitative estimate of drug-likeness (QED) is 0.470. The molecule has 0 aromatic heterocycles. The first kappa shape index (κ1) is 23.8. The molecule has 0 saturated carbocycles. The summed E-state index contributed by atoms with van der Waals surface area (Å²) < 4.78 is 27.5. The monoisotopic (exact) mass is 454 g/mol. The second kappa shape index (κ2) is 8.94. The van der Waals surface area contributed by atoms with Crippen molar-refractivity contribution in [2.75, 3.05) is 10.6 Å². The molecule has 32 heavy (non-hydrogen) atoms. The average molecular weight is 455 g/mol. The van der Waals surface area contributed by atoms with Crippen molar-refractivity contribution in [1.29, 1.82) is 0 Å². The molecular weight excluding hydrogens is 424 g/mol. The highest BCUT2D eigenvalue weighted by atomic mass is 32.2. The van der Waals surface area contributed by atoms with E-state index in [2.05, 4.69) is 0 Å². The number of aryl methyl sites for hydroxylation is 2. The number of sulfonamides is 1. The van der Waals surface area contributed by atoms with E-state index in [4.69, 9.17) is 5.73 Å². The Hall–Kier alpha value is -2.87. The Morgan fingerprint density at radius 1 is 1.00 bits per heavy atom. The van der Waals surface area contributed by atoms with Crippen LogP contribution in [0.15, 0.2) is 66.7 Å². The minimum absolute atomic E-state index is 0.0437. The highest BCUT2D eigenvalue weighted by Gasteiger charge is 2.33. The van der Waals surface area contributed by atoms with Crippen LogP contribution in [0.2, 0.25) is 0 Å². The van der Waals surface area contributed by atoms with Gasteiger partial charge in [0.25, 0.3) is 0 Å². The van der Waals surface area contributed by atoms with Crippen molar-refractivity contribution >= 4 is 15.7 Å². The third kappa shape index (κ3) is 5.12. The fourth-order valence-electron chi connectivity index (χ4n) is 3.84. The number of phenols is 1. The van der Waals surface area contributed by atoms with Gasteiger partial charge in [-0.2, -0.15) is 0 Å². The van der Waals surface area contributed by atoms with Gasteiger partial charge in [0.15, 0.2) is 0 Å². The first-order valence-electron chi connectivity index (χ1n) is 10.3. The number of para-hydroxylation sites is 1. The van der Waals surface area contributed by atoms with Crippen molar-refractivity contribution in [2.24, 2.45) is 5.73 Å². The third-order valence-corrected chi connectivity index (χ3v) is 6.79. The molecule has 0 heterocycles. The van der Waals surface area contributed by atoms with Crippen LogP contribution in [0.5, 0.6) is 5.75 Å². The van der Waals surface area contributed by atoms with Gasteiger partial charge in [-0.1, -0.05) is 60.7 Å². The van der Waals surface area contributed by atoms with Crippen LogP contribution in [0.25, 0.3) is 0 Å². The molecule has 0 aliphatic rings. The number of rotatable bonds is 7. The molecule has 0 aliphatic carbocycles. The van der Waals surface area contributed by atoms with Crippen molar-refractivity contribution < 1.29 is 18.6 Å². The van der Waals surface area contributed by atoms with Gasteiger partial charge in [0.1, 0.15) is 11.5 Å². The highest BCUT2D eigenvalue weighted by Crippen LogP contribution is 2.41. The Morgan fingerprint density at radius 2 is 1.66 bits per heavy atom. The van der Waals surface area contributed by atoms with Crippen LogP contribution in [0, 0.1) is 13.8 Å². The van der Waals surface area contributed by atoms with Crippen molar-refractivity contribution in [1.82, 2.24) is 0 Å². The lowest BCUT2D eigenvalue weighted by molar-refractivity contribution is 0.0622. The number of nitrogens with zero attached hydrogens (tertiary/aromatic N) is 1. The van der Waals surface area contributed by atoms with Crippen LogP contribution >= 0.6 is 0 Å². The number of hydrogen-bond donors (Lipinski definition) is 3. The molecule has 0 amide bonds. The van der Waals surface area contributed by atoms with Gasteiger partial charge in [0, 0.05) is 5.56 Å². The van der Waals surface area contributed by atoms with Crippen LogP contribution in [-0.2, 0) is 22.2 Å². The lowest BCUT2D eigenvalue weighted by Crippen LogP contribution is -2.37. The molecule has 0 radical (unpaired) electrons. The molecule has 4 N–H and O–H groups in total. The zero-order valence-electron chi connectivity index (χ0n) is 18.8. The van der Waals surface area contributed by atoms with Crippen molar-refractivity contribution in [3.05, 3.63) is 94.5 Å². The maximum Gasteiger partial charge on any atom is 0.232 e. The molecule has 2 unspecified atom stereocenters. The van der Waals surface area contributed by atoms with E-state index in [1.807, 2.05) is 62.4 Å².